The van der Waals surface area contributed by atoms with Gasteiger partial charge in [-0.2, -0.15) is 8.42 Å². The minimum atomic E-state index is -4.91. The summed E-state index contributed by atoms with van der Waals surface area (Å²) in [6.07, 6.45) is -4.14. The minimum Gasteiger partial charge on any atom is -0.436 e. The number of hydrogen-bond donors (Lipinski definition) is 3. The topological polar surface area (TPSA) is 147 Å². The summed E-state index contributed by atoms with van der Waals surface area (Å²) in [4.78, 5) is 22.3. The Morgan fingerprint density at radius 2 is 1.56 bits per heavy atom. The Bertz CT molecular complexity index is 397. The molecule has 0 aromatic heterocycles. The van der Waals surface area contributed by atoms with Crippen LogP contribution in [0.15, 0.2) is 0 Å². The first-order chi connectivity index (χ1) is 8.04. The molecule has 18 heavy (non-hydrogen) atoms. The van der Waals surface area contributed by atoms with Crippen LogP contribution in [0.3, 0.4) is 0 Å². The number of carbonyl (C=O) groups is 2. The van der Waals surface area contributed by atoms with Crippen molar-refractivity contribution >= 4 is 22.1 Å². The lowest BCUT2D eigenvalue weighted by molar-refractivity contribution is -0.171. The Hall–Kier alpha value is -1.23. The molecule has 0 aromatic carbocycles. The zero-order chi connectivity index (χ0) is 14.5. The van der Waals surface area contributed by atoms with Crippen LogP contribution in [0.2, 0.25) is 0 Å². The summed E-state index contributed by atoms with van der Waals surface area (Å²) in [7, 11) is -4.91. The lowest BCUT2D eigenvalue weighted by atomic mass is 10.3. The van der Waals surface area contributed by atoms with Crippen molar-refractivity contribution in [1.29, 1.82) is 0 Å². The summed E-state index contributed by atoms with van der Waals surface area (Å²) >= 11 is 0. The number of aliphatic hydroxyl groups is 2. The molecule has 0 aliphatic rings. The highest BCUT2D eigenvalue weighted by molar-refractivity contribution is 7.87. The summed E-state index contributed by atoms with van der Waals surface area (Å²) in [6, 6.07) is 0. The molecule has 0 saturated carbocycles. The van der Waals surface area contributed by atoms with Gasteiger partial charge < -0.3 is 19.7 Å². The first-order valence-electron chi connectivity index (χ1n) is 4.76. The van der Waals surface area contributed by atoms with Crippen molar-refractivity contribution in [3.8, 4) is 0 Å². The number of aliphatic hydroxyl groups excluding tert-OH is 2. The molecule has 0 aliphatic carbocycles. The van der Waals surface area contributed by atoms with E-state index >= 15 is 0 Å². The Morgan fingerprint density at radius 3 is 1.89 bits per heavy atom. The first-order valence-corrected chi connectivity index (χ1v) is 6.26. The van der Waals surface area contributed by atoms with E-state index in [1.807, 2.05) is 0 Å². The second-order valence-corrected chi connectivity index (χ2v) is 4.93. The van der Waals surface area contributed by atoms with E-state index < -0.39 is 46.3 Å². The van der Waals surface area contributed by atoms with E-state index in [1.54, 1.807) is 0 Å². The van der Waals surface area contributed by atoms with Crippen molar-refractivity contribution in [1.82, 2.24) is 0 Å². The standard InChI is InChI=1S/C8H14O9S/c1-4(9)16-7(11)3-6(18(13,14)15)8(12)17-5(2)10/h4-6,9-10H,3H2,1-2H3,(H,13,14,15). The van der Waals surface area contributed by atoms with Crippen LogP contribution in [0.5, 0.6) is 0 Å². The molecule has 0 fully saturated rings. The summed E-state index contributed by atoms with van der Waals surface area (Å²) in [5.74, 6) is -2.73. The average molecular weight is 286 g/mol. The fourth-order valence-electron chi connectivity index (χ4n) is 0.944. The number of carbonyl (C=O) groups excluding carboxylic acids is 2. The fraction of sp³-hybridized carbons (Fsp3) is 0.750. The molecule has 106 valence electrons. The van der Waals surface area contributed by atoms with Crippen LogP contribution in [0.1, 0.15) is 20.3 Å². The van der Waals surface area contributed by atoms with Crippen molar-refractivity contribution in [3.05, 3.63) is 0 Å². The van der Waals surface area contributed by atoms with E-state index in [0.29, 0.717) is 0 Å². The third-order valence-corrected chi connectivity index (χ3v) is 2.64. The van der Waals surface area contributed by atoms with Crippen molar-refractivity contribution in [2.75, 3.05) is 0 Å². The Labute approximate surface area is 103 Å². The molecule has 10 heteroatoms. The third kappa shape index (κ3) is 6.49. The molecule has 3 unspecified atom stereocenters. The largest absolute Gasteiger partial charge is 0.436 e. The van der Waals surface area contributed by atoms with E-state index in [9.17, 15) is 18.0 Å². The van der Waals surface area contributed by atoms with Crippen LogP contribution in [-0.2, 0) is 29.2 Å². The van der Waals surface area contributed by atoms with Crippen molar-refractivity contribution in [2.45, 2.75) is 38.1 Å². The van der Waals surface area contributed by atoms with E-state index in [2.05, 4.69) is 9.47 Å². The first kappa shape index (κ1) is 16.8. The van der Waals surface area contributed by atoms with Gasteiger partial charge in [-0.25, -0.2) is 0 Å². The summed E-state index contributed by atoms with van der Waals surface area (Å²) in [6.45, 7) is 2.13. The molecule has 0 aliphatic heterocycles. The summed E-state index contributed by atoms with van der Waals surface area (Å²) < 4.78 is 38.9. The van der Waals surface area contributed by atoms with Gasteiger partial charge in [-0.1, -0.05) is 0 Å². The van der Waals surface area contributed by atoms with Crippen LogP contribution < -0.4 is 0 Å². The van der Waals surface area contributed by atoms with Gasteiger partial charge in [0.2, 0.25) is 0 Å². The minimum absolute atomic E-state index is 1.03. The second kappa shape index (κ2) is 6.64. The fourth-order valence-corrected chi connectivity index (χ4v) is 1.59. The maximum Gasteiger partial charge on any atom is 0.329 e. The van der Waals surface area contributed by atoms with Gasteiger partial charge in [0, 0.05) is 0 Å². The molecule has 0 amide bonds. The highest BCUT2D eigenvalue weighted by Crippen LogP contribution is 2.10. The van der Waals surface area contributed by atoms with E-state index in [0.717, 1.165) is 13.8 Å². The van der Waals surface area contributed by atoms with Crippen LogP contribution in [0.25, 0.3) is 0 Å². The van der Waals surface area contributed by atoms with Gasteiger partial charge in [0.1, 0.15) is 0 Å². The predicted octanol–water partition coefficient (Wildman–Crippen LogP) is -1.60. The van der Waals surface area contributed by atoms with E-state index in [1.165, 1.54) is 0 Å². The molecule has 0 saturated heterocycles. The number of hydrogen-bond acceptors (Lipinski definition) is 8. The summed E-state index contributed by atoms with van der Waals surface area (Å²) in [5, 5.41) is 15.2. The number of esters is 2. The molecule has 3 N–H and O–H groups in total. The zero-order valence-electron chi connectivity index (χ0n) is 9.64. The molecule has 3 atom stereocenters. The molecule has 0 spiro atoms. The molecule has 0 heterocycles. The molecular weight excluding hydrogens is 272 g/mol. The number of ether oxygens (including phenoxy) is 2. The Balaban J connectivity index is 4.82. The molecule has 0 rings (SSSR count). The van der Waals surface area contributed by atoms with Gasteiger partial charge in [-0.15, -0.1) is 0 Å². The Morgan fingerprint density at radius 1 is 1.11 bits per heavy atom. The normalized spacial score (nSPS) is 16.5. The highest BCUT2D eigenvalue weighted by atomic mass is 32.2. The smallest absolute Gasteiger partial charge is 0.329 e. The predicted molar refractivity (Wildman–Crippen MR) is 55.5 cm³/mol. The van der Waals surface area contributed by atoms with Gasteiger partial charge in [-0.05, 0) is 13.8 Å². The SMILES string of the molecule is CC(O)OC(=O)CC(C(=O)OC(C)O)S(=O)(=O)O. The molecule has 0 aromatic rings. The van der Waals surface area contributed by atoms with Gasteiger partial charge in [0.05, 0.1) is 6.42 Å². The maximum atomic E-state index is 11.2. The lowest BCUT2D eigenvalue weighted by Crippen LogP contribution is -2.36. The monoisotopic (exact) mass is 286 g/mol. The van der Waals surface area contributed by atoms with Gasteiger partial charge in [-0.3, -0.25) is 14.1 Å². The lowest BCUT2D eigenvalue weighted by Gasteiger charge is -2.14. The zero-order valence-corrected chi connectivity index (χ0v) is 10.5. The molecule has 0 bridgehead atoms. The van der Waals surface area contributed by atoms with E-state index in [-0.39, 0.29) is 0 Å². The van der Waals surface area contributed by atoms with Gasteiger partial charge >= 0.3 is 11.9 Å². The van der Waals surface area contributed by atoms with Gasteiger partial charge in [0.15, 0.2) is 17.8 Å². The summed E-state index contributed by atoms with van der Waals surface area (Å²) in [5.41, 5.74) is 0. The van der Waals surface area contributed by atoms with Crippen LogP contribution in [0.4, 0.5) is 0 Å². The highest BCUT2D eigenvalue weighted by Gasteiger charge is 2.36. The molecule has 9 nitrogen and oxygen atoms in total. The average Bonchev–Trinajstić information content (AvgIpc) is 2.09. The number of rotatable bonds is 6. The van der Waals surface area contributed by atoms with Crippen molar-refractivity contribution in [3.63, 3.8) is 0 Å². The second-order valence-electron chi connectivity index (χ2n) is 3.33. The van der Waals surface area contributed by atoms with Crippen molar-refractivity contribution in [2.24, 2.45) is 0 Å². The van der Waals surface area contributed by atoms with Crippen molar-refractivity contribution < 1.29 is 42.2 Å². The van der Waals surface area contributed by atoms with Crippen LogP contribution in [0, 0.1) is 0 Å². The van der Waals surface area contributed by atoms with Gasteiger partial charge in [0.25, 0.3) is 10.1 Å². The molecular formula is C8H14O9S. The Kier molecular flexibility index (Phi) is 6.18. The van der Waals surface area contributed by atoms with Crippen LogP contribution in [-0.4, -0.2) is 53.0 Å². The quantitative estimate of drug-likeness (QED) is 0.298. The molecule has 0 radical (unpaired) electrons. The maximum absolute atomic E-state index is 11.2. The van der Waals surface area contributed by atoms with Crippen LogP contribution >= 0.6 is 0 Å². The van der Waals surface area contributed by atoms with E-state index in [4.69, 9.17) is 14.8 Å². The third-order valence-electron chi connectivity index (χ3n) is 1.56.